The molecule has 1 amide bonds. The van der Waals surface area contributed by atoms with E-state index in [0.29, 0.717) is 32.6 Å². The molecule has 1 aromatic heterocycles. The van der Waals surface area contributed by atoms with Crippen LogP contribution in [0.5, 0.6) is 0 Å². The lowest BCUT2D eigenvalue weighted by Crippen LogP contribution is -2.47. The van der Waals surface area contributed by atoms with Gasteiger partial charge in [-0.25, -0.2) is 4.98 Å². The Labute approximate surface area is 162 Å². The number of hydrogen-bond donors (Lipinski definition) is 1. The fourth-order valence-electron chi connectivity index (χ4n) is 3.45. The number of benzene rings is 1. The first-order valence-electron chi connectivity index (χ1n) is 8.76. The van der Waals surface area contributed by atoms with Gasteiger partial charge in [0.1, 0.15) is 5.82 Å². The van der Waals surface area contributed by atoms with Crippen molar-refractivity contribution >= 4 is 27.7 Å². The monoisotopic (exact) mass is 417 g/mol. The maximum Gasteiger partial charge on any atom is 0.231 e. The minimum atomic E-state index is -0.542. The Kier molecular flexibility index (Phi) is 5.94. The third-order valence-electron chi connectivity index (χ3n) is 4.91. The van der Waals surface area contributed by atoms with Gasteiger partial charge in [0.15, 0.2) is 0 Å². The van der Waals surface area contributed by atoms with Gasteiger partial charge in [-0.1, -0.05) is 34.1 Å². The highest BCUT2D eigenvalue weighted by Gasteiger charge is 2.41. The average molecular weight is 418 g/mol. The number of carbonyl (C=O) groups excluding carboxylic acids is 1. The van der Waals surface area contributed by atoms with Gasteiger partial charge in [-0.15, -0.1) is 0 Å². The van der Waals surface area contributed by atoms with Crippen molar-refractivity contribution in [2.45, 2.75) is 24.8 Å². The zero-order valence-corrected chi connectivity index (χ0v) is 16.8. The molecule has 26 heavy (non-hydrogen) atoms. The molecule has 2 aromatic rings. The van der Waals surface area contributed by atoms with Crippen molar-refractivity contribution in [2.24, 2.45) is 0 Å². The fraction of sp³-hybridized carbons (Fsp3) is 0.400. The smallest absolute Gasteiger partial charge is 0.231 e. The molecule has 1 fully saturated rings. The molecular weight excluding hydrogens is 394 g/mol. The van der Waals surface area contributed by atoms with Gasteiger partial charge in [0.25, 0.3) is 0 Å². The summed E-state index contributed by atoms with van der Waals surface area (Å²) in [7, 11) is 3.91. The largest absolute Gasteiger partial charge is 0.381 e. The molecule has 0 bridgehead atoms. The van der Waals surface area contributed by atoms with Crippen molar-refractivity contribution in [1.82, 2.24) is 10.3 Å². The summed E-state index contributed by atoms with van der Waals surface area (Å²) in [6.45, 7) is 1.65. The normalized spacial score (nSPS) is 16.1. The molecule has 6 heteroatoms. The van der Waals surface area contributed by atoms with E-state index >= 15 is 0 Å². The molecule has 3 rings (SSSR count). The topological polar surface area (TPSA) is 54.5 Å². The van der Waals surface area contributed by atoms with Crippen LogP contribution >= 0.6 is 15.9 Å². The van der Waals surface area contributed by atoms with Crippen LogP contribution in [0, 0.1) is 0 Å². The Morgan fingerprint density at radius 2 is 1.92 bits per heavy atom. The molecule has 0 saturated carbocycles. The molecule has 1 aromatic carbocycles. The van der Waals surface area contributed by atoms with Crippen molar-refractivity contribution in [1.29, 1.82) is 0 Å². The molecule has 5 nitrogen and oxygen atoms in total. The number of anilines is 1. The van der Waals surface area contributed by atoms with Crippen LogP contribution in [0.2, 0.25) is 0 Å². The number of pyridine rings is 1. The molecule has 0 radical (unpaired) electrons. The number of ether oxygens (including phenoxy) is 1. The first-order valence-corrected chi connectivity index (χ1v) is 9.55. The van der Waals surface area contributed by atoms with Crippen LogP contribution in [0.15, 0.2) is 47.1 Å². The second-order valence-corrected chi connectivity index (χ2v) is 7.68. The number of rotatable bonds is 5. The molecular formula is C20H24BrN3O2. The first kappa shape index (κ1) is 18.9. The van der Waals surface area contributed by atoms with E-state index in [2.05, 4.69) is 26.2 Å². The van der Waals surface area contributed by atoms with E-state index in [1.54, 1.807) is 6.20 Å². The third kappa shape index (κ3) is 3.91. The number of amides is 1. The van der Waals surface area contributed by atoms with Crippen LogP contribution in [0.3, 0.4) is 0 Å². The molecule has 1 saturated heterocycles. The maximum absolute atomic E-state index is 13.2. The maximum atomic E-state index is 13.2. The van der Waals surface area contributed by atoms with Crippen LogP contribution in [0.25, 0.3) is 0 Å². The number of hydrogen-bond acceptors (Lipinski definition) is 4. The third-order valence-corrected chi connectivity index (χ3v) is 5.44. The summed E-state index contributed by atoms with van der Waals surface area (Å²) in [5.41, 5.74) is 1.50. The van der Waals surface area contributed by atoms with Gasteiger partial charge in [-0.2, -0.15) is 0 Å². The van der Waals surface area contributed by atoms with Gasteiger partial charge in [0.2, 0.25) is 5.91 Å². The average Bonchev–Trinajstić information content (AvgIpc) is 2.67. The number of aromatic nitrogens is 1. The Morgan fingerprint density at radius 1 is 1.23 bits per heavy atom. The minimum Gasteiger partial charge on any atom is -0.381 e. The van der Waals surface area contributed by atoms with Gasteiger partial charge in [-0.3, -0.25) is 4.79 Å². The standard InChI is InChI=1S/C20H24BrN3O2/c1-24(2)18-15(4-3-11-22-18)14-23-19(25)20(9-12-26-13-10-20)16-5-7-17(21)8-6-16/h3-8,11H,9-10,12-14H2,1-2H3,(H,23,25). The van der Waals surface area contributed by atoms with Crippen LogP contribution in [0.1, 0.15) is 24.0 Å². The zero-order chi connectivity index (χ0) is 18.6. The number of nitrogens with one attached hydrogen (secondary N) is 1. The lowest BCUT2D eigenvalue weighted by atomic mass is 9.73. The van der Waals surface area contributed by atoms with Gasteiger partial charge >= 0.3 is 0 Å². The SMILES string of the molecule is CN(C)c1ncccc1CNC(=O)C1(c2ccc(Br)cc2)CCOCC1. The van der Waals surface area contributed by atoms with E-state index in [0.717, 1.165) is 21.4 Å². The summed E-state index contributed by atoms with van der Waals surface area (Å²) in [4.78, 5) is 19.6. The Morgan fingerprint density at radius 3 is 2.58 bits per heavy atom. The molecule has 0 unspecified atom stereocenters. The Bertz CT molecular complexity index is 756. The molecule has 0 aliphatic carbocycles. The lowest BCUT2D eigenvalue weighted by molar-refractivity contribution is -0.130. The van der Waals surface area contributed by atoms with E-state index in [4.69, 9.17) is 4.74 Å². The first-order chi connectivity index (χ1) is 12.5. The highest BCUT2D eigenvalue weighted by atomic mass is 79.9. The van der Waals surface area contributed by atoms with Crippen LogP contribution < -0.4 is 10.2 Å². The van der Waals surface area contributed by atoms with Crippen LogP contribution in [-0.2, 0) is 21.5 Å². The highest BCUT2D eigenvalue weighted by Crippen LogP contribution is 2.36. The van der Waals surface area contributed by atoms with Gasteiger partial charge in [-0.05, 0) is 36.6 Å². The van der Waals surface area contributed by atoms with E-state index in [1.807, 2.05) is 55.4 Å². The lowest BCUT2D eigenvalue weighted by Gasteiger charge is -2.36. The zero-order valence-electron chi connectivity index (χ0n) is 15.2. The molecule has 1 N–H and O–H groups in total. The number of halogens is 1. The number of carbonyl (C=O) groups is 1. The summed E-state index contributed by atoms with van der Waals surface area (Å²) in [5.74, 6) is 0.925. The van der Waals surface area contributed by atoms with Crippen molar-refractivity contribution in [3.05, 3.63) is 58.2 Å². The van der Waals surface area contributed by atoms with Crippen molar-refractivity contribution < 1.29 is 9.53 Å². The second-order valence-electron chi connectivity index (χ2n) is 6.76. The fourth-order valence-corrected chi connectivity index (χ4v) is 3.72. The molecule has 138 valence electrons. The second kappa shape index (κ2) is 8.18. The molecule has 1 aliphatic heterocycles. The van der Waals surface area contributed by atoms with E-state index in [9.17, 15) is 4.79 Å². The van der Waals surface area contributed by atoms with E-state index < -0.39 is 5.41 Å². The molecule has 1 aliphatic rings. The summed E-state index contributed by atoms with van der Waals surface area (Å²) >= 11 is 3.47. The van der Waals surface area contributed by atoms with Crippen molar-refractivity contribution in [3.63, 3.8) is 0 Å². The minimum absolute atomic E-state index is 0.0525. The van der Waals surface area contributed by atoms with Gasteiger partial charge < -0.3 is 15.0 Å². The van der Waals surface area contributed by atoms with Crippen molar-refractivity contribution in [2.75, 3.05) is 32.2 Å². The molecule has 0 atom stereocenters. The number of nitrogens with zero attached hydrogens (tertiary/aromatic N) is 2. The van der Waals surface area contributed by atoms with Crippen LogP contribution in [0.4, 0.5) is 5.82 Å². The summed E-state index contributed by atoms with van der Waals surface area (Å²) in [5, 5.41) is 3.14. The highest BCUT2D eigenvalue weighted by molar-refractivity contribution is 9.10. The quantitative estimate of drug-likeness (QED) is 0.810. The summed E-state index contributed by atoms with van der Waals surface area (Å²) in [6, 6.07) is 11.9. The van der Waals surface area contributed by atoms with Crippen molar-refractivity contribution in [3.8, 4) is 0 Å². The van der Waals surface area contributed by atoms with Crippen LogP contribution in [-0.4, -0.2) is 38.2 Å². The van der Waals surface area contributed by atoms with Gasteiger partial charge in [0, 0.05) is 50.1 Å². The predicted octanol–water partition coefficient (Wildman–Crippen LogP) is 3.27. The molecule has 0 spiro atoms. The summed E-state index contributed by atoms with van der Waals surface area (Å²) < 4.78 is 6.54. The Balaban J connectivity index is 1.82. The predicted molar refractivity (Wildman–Crippen MR) is 106 cm³/mol. The van der Waals surface area contributed by atoms with Gasteiger partial charge in [0.05, 0.1) is 5.41 Å². The van der Waals surface area contributed by atoms with E-state index in [1.165, 1.54) is 0 Å². The van der Waals surface area contributed by atoms with E-state index in [-0.39, 0.29) is 5.91 Å². The molecule has 2 heterocycles. The summed E-state index contributed by atoms with van der Waals surface area (Å²) in [6.07, 6.45) is 3.14. The Hall–Kier alpha value is -1.92.